The molecule has 1 saturated carbocycles. The second-order valence-electron chi connectivity index (χ2n) is 3.97. The van der Waals surface area contributed by atoms with Crippen LogP contribution in [-0.4, -0.2) is 30.0 Å². The number of alkyl halides is 2. The number of nitrogens with zero attached hydrogens (tertiary/aromatic N) is 1. The highest BCUT2D eigenvalue weighted by atomic mass is 19.3. The van der Waals surface area contributed by atoms with Gasteiger partial charge in [-0.3, -0.25) is 4.79 Å². The molecule has 1 heterocycles. The summed E-state index contributed by atoms with van der Waals surface area (Å²) in [6.07, 6.45) is 1.32. The van der Waals surface area contributed by atoms with E-state index in [0.29, 0.717) is 0 Å². The Kier molecular flexibility index (Phi) is 2.43. The van der Waals surface area contributed by atoms with E-state index in [2.05, 4.69) is 0 Å². The molecule has 0 aromatic carbocycles. The molecule has 1 aliphatic carbocycles. The van der Waals surface area contributed by atoms with Crippen molar-refractivity contribution in [3.63, 3.8) is 0 Å². The first kappa shape index (κ1) is 9.83. The van der Waals surface area contributed by atoms with Crippen LogP contribution < -0.4 is 0 Å². The van der Waals surface area contributed by atoms with E-state index in [1.165, 1.54) is 5.06 Å². The van der Waals surface area contributed by atoms with Crippen LogP contribution in [0.3, 0.4) is 0 Å². The van der Waals surface area contributed by atoms with E-state index in [1.54, 1.807) is 0 Å². The van der Waals surface area contributed by atoms with Gasteiger partial charge in [-0.2, -0.15) is 0 Å². The molecule has 1 saturated heterocycles. The summed E-state index contributed by atoms with van der Waals surface area (Å²) in [7, 11) is 0. The average Bonchev–Trinajstić information content (AvgIpc) is 2.91. The van der Waals surface area contributed by atoms with Gasteiger partial charge >= 0.3 is 5.97 Å². The molecule has 2 aliphatic rings. The predicted molar refractivity (Wildman–Crippen MR) is 44.6 cm³/mol. The third-order valence-electron chi connectivity index (χ3n) is 2.58. The highest BCUT2D eigenvalue weighted by Crippen LogP contribution is 2.32. The van der Waals surface area contributed by atoms with Crippen LogP contribution >= 0.6 is 0 Å². The third-order valence-corrected chi connectivity index (χ3v) is 2.58. The predicted octanol–water partition coefficient (Wildman–Crippen LogP) is 1.59. The minimum absolute atomic E-state index is 0.0254. The third kappa shape index (κ3) is 2.41. The number of halogens is 2. The van der Waals surface area contributed by atoms with Crippen LogP contribution in [0.15, 0.2) is 0 Å². The maximum absolute atomic E-state index is 12.7. The van der Waals surface area contributed by atoms with Gasteiger partial charge in [-0.15, -0.1) is 5.06 Å². The van der Waals surface area contributed by atoms with Gasteiger partial charge in [0.1, 0.15) is 0 Å². The standard InChI is InChI=1S/C9H13F2NO2/c10-9(11)3-5-12(6-4-9)14-8(13)7-1-2-7/h7H,1-6H2. The van der Waals surface area contributed by atoms with E-state index >= 15 is 0 Å². The Hall–Kier alpha value is -0.710. The summed E-state index contributed by atoms with van der Waals surface area (Å²) < 4.78 is 25.4. The van der Waals surface area contributed by atoms with Gasteiger partial charge in [-0.05, 0) is 12.8 Å². The SMILES string of the molecule is O=C(ON1CCC(F)(F)CC1)C1CC1. The van der Waals surface area contributed by atoms with Crippen molar-refractivity contribution in [1.82, 2.24) is 5.06 Å². The van der Waals surface area contributed by atoms with Crippen molar-refractivity contribution in [2.75, 3.05) is 13.1 Å². The van der Waals surface area contributed by atoms with E-state index in [1.807, 2.05) is 0 Å². The quantitative estimate of drug-likeness (QED) is 0.685. The first-order valence-corrected chi connectivity index (χ1v) is 4.91. The largest absolute Gasteiger partial charge is 0.368 e. The summed E-state index contributed by atoms with van der Waals surface area (Å²) in [6, 6.07) is 0. The fourth-order valence-corrected chi connectivity index (χ4v) is 1.43. The van der Waals surface area contributed by atoms with Gasteiger partial charge in [0, 0.05) is 25.9 Å². The van der Waals surface area contributed by atoms with E-state index < -0.39 is 5.92 Å². The number of carbonyl (C=O) groups is 1. The highest BCUT2D eigenvalue weighted by Gasteiger charge is 2.37. The molecule has 3 nitrogen and oxygen atoms in total. The first-order valence-electron chi connectivity index (χ1n) is 4.91. The number of piperidine rings is 1. The number of hydroxylamine groups is 2. The zero-order valence-corrected chi connectivity index (χ0v) is 7.84. The summed E-state index contributed by atoms with van der Waals surface area (Å²) in [5, 5.41) is 1.36. The lowest BCUT2D eigenvalue weighted by Gasteiger charge is -2.30. The summed E-state index contributed by atoms with van der Waals surface area (Å²) in [6.45, 7) is 0.289. The van der Waals surface area contributed by atoms with E-state index in [9.17, 15) is 13.6 Å². The van der Waals surface area contributed by atoms with Crippen molar-refractivity contribution in [2.24, 2.45) is 5.92 Å². The summed E-state index contributed by atoms with van der Waals surface area (Å²) in [5.74, 6) is -2.81. The van der Waals surface area contributed by atoms with Crippen LogP contribution in [0, 0.1) is 5.92 Å². The molecule has 0 amide bonds. The van der Waals surface area contributed by atoms with Crippen molar-refractivity contribution < 1.29 is 18.4 Å². The Morgan fingerprint density at radius 3 is 2.36 bits per heavy atom. The van der Waals surface area contributed by atoms with Crippen LogP contribution in [0.5, 0.6) is 0 Å². The molecule has 0 aromatic rings. The Morgan fingerprint density at radius 1 is 1.29 bits per heavy atom. The van der Waals surface area contributed by atoms with Crippen molar-refractivity contribution in [3.8, 4) is 0 Å². The van der Waals surface area contributed by atoms with Gasteiger partial charge < -0.3 is 4.84 Å². The van der Waals surface area contributed by atoms with E-state index in [-0.39, 0.29) is 37.8 Å². The molecule has 80 valence electrons. The first-order chi connectivity index (χ1) is 6.57. The maximum Gasteiger partial charge on any atom is 0.328 e. The van der Waals surface area contributed by atoms with Crippen molar-refractivity contribution in [3.05, 3.63) is 0 Å². The van der Waals surface area contributed by atoms with E-state index in [0.717, 1.165) is 12.8 Å². The molecule has 0 radical (unpaired) electrons. The molecule has 0 atom stereocenters. The van der Waals surface area contributed by atoms with Crippen molar-refractivity contribution in [2.45, 2.75) is 31.6 Å². The lowest BCUT2D eigenvalue weighted by molar-refractivity contribution is -0.211. The smallest absolute Gasteiger partial charge is 0.328 e. The maximum atomic E-state index is 12.7. The number of rotatable bonds is 2. The Morgan fingerprint density at radius 2 is 1.86 bits per heavy atom. The minimum atomic E-state index is -2.58. The highest BCUT2D eigenvalue weighted by molar-refractivity contribution is 5.74. The number of hydrogen-bond donors (Lipinski definition) is 0. The van der Waals surface area contributed by atoms with Gasteiger partial charge in [-0.1, -0.05) is 0 Å². The van der Waals surface area contributed by atoms with Crippen LogP contribution in [0.4, 0.5) is 8.78 Å². The van der Waals surface area contributed by atoms with Gasteiger partial charge in [0.2, 0.25) is 0 Å². The fraction of sp³-hybridized carbons (Fsp3) is 0.889. The number of carbonyl (C=O) groups excluding carboxylic acids is 1. The van der Waals surface area contributed by atoms with Crippen molar-refractivity contribution in [1.29, 1.82) is 0 Å². The molecule has 0 N–H and O–H groups in total. The molecule has 0 bridgehead atoms. The molecule has 2 fully saturated rings. The molecule has 2 rings (SSSR count). The fourth-order valence-electron chi connectivity index (χ4n) is 1.43. The Balaban J connectivity index is 1.75. The zero-order chi connectivity index (χ0) is 10.2. The van der Waals surface area contributed by atoms with Gasteiger partial charge in [0.15, 0.2) is 0 Å². The summed E-state index contributed by atoms with van der Waals surface area (Å²) in [4.78, 5) is 16.2. The topological polar surface area (TPSA) is 29.5 Å². The van der Waals surface area contributed by atoms with Gasteiger partial charge in [0.25, 0.3) is 5.92 Å². The zero-order valence-electron chi connectivity index (χ0n) is 7.84. The second kappa shape index (κ2) is 3.46. The lowest BCUT2D eigenvalue weighted by Crippen LogP contribution is -2.40. The van der Waals surface area contributed by atoms with Gasteiger partial charge in [0.05, 0.1) is 5.92 Å². The Labute approximate surface area is 81.0 Å². The average molecular weight is 205 g/mol. The lowest BCUT2D eigenvalue weighted by atomic mass is 10.1. The molecule has 5 heteroatoms. The second-order valence-corrected chi connectivity index (χ2v) is 3.97. The normalized spacial score (nSPS) is 27.3. The molecule has 0 aromatic heterocycles. The van der Waals surface area contributed by atoms with Crippen LogP contribution in [0.2, 0.25) is 0 Å². The van der Waals surface area contributed by atoms with E-state index in [4.69, 9.17) is 4.84 Å². The molecule has 0 spiro atoms. The molecule has 0 unspecified atom stereocenters. The van der Waals surface area contributed by atoms with Crippen LogP contribution in [0.1, 0.15) is 25.7 Å². The summed E-state index contributed by atoms with van der Waals surface area (Å²) in [5.41, 5.74) is 0. The summed E-state index contributed by atoms with van der Waals surface area (Å²) >= 11 is 0. The minimum Gasteiger partial charge on any atom is -0.368 e. The molecular formula is C9H13F2NO2. The molecule has 1 aliphatic heterocycles. The van der Waals surface area contributed by atoms with Gasteiger partial charge in [-0.25, -0.2) is 8.78 Å². The Bertz CT molecular complexity index is 231. The van der Waals surface area contributed by atoms with Crippen LogP contribution in [-0.2, 0) is 9.63 Å². The molecule has 14 heavy (non-hydrogen) atoms. The van der Waals surface area contributed by atoms with Crippen molar-refractivity contribution >= 4 is 5.97 Å². The monoisotopic (exact) mass is 205 g/mol. The number of hydrogen-bond acceptors (Lipinski definition) is 3. The molecular weight excluding hydrogens is 192 g/mol. The van der Waals surface area contributed by atoms with Crippen LogP contribution in [0.25, 0.3) is 0 Å².